The molecule has 1 heterocycles. The third kappa shape index (κ3) is 4.16. The summed E-state index contributed by atoms with van der Waals surface area (Å²) in [4.78, 5) is 16.0. The Morgan fingerprint density at radius 3 is 3.05 bits per heavy atom. The van der Waals surface area contributed by atoms with Crippen LogP contribution in [0.2, 0.25) is 0 Å². The minimum Gasteiger partial charge on any atom is -0.395 e. The van der Waals surface area contributed by atoms with E-state index in [0.29, 0.717) is 17.8 Å². The molecule has 0 aliphatic carbocycles. The average molecular weight is 284 g/mol. The first-order valence-corrected chi connectivity index (χ1v) is 6.53. The summed E-state index contributed by atoms with van der Waals surface area (Å²) in [5, 5.41) is 17.9. The van der Waals surface area contributed by atoms with Crippen LogP contribution in [0.4, 0.5) is 0 Å². The predicted octanol–water partition coefficient (Wildman–Crippen LogP) is 0.777. The Morgan fingerprint density at radius 1 is 1.48 bits per heavy atom. The molecule has 0 saturated carbocycles. The molecule has 0 bridgehead atoms. The molecule has 6 heteroatoms. The van der Waals surface area contributed by atoms with Crippen LogP contribution in [0.25, 0.3) is 0 Å². The molecule has 1 aromatic heterocycles. The SMILES string of the molecule is Cc1ccc(C(=O)NCc2ncn[nH]2)cc1C#CCCO. The first-order valence-electron chi connectivity index (χ1n) is 6.53. The fraction of sp³-hybridized carbons (Fsp3) is 0.267. The highest BCUT2D eigenvalue weighted by Gasteiger charge is 2.07. The van der Waals surface area contributed by atoms with Gasteiger partial charge in [0.1, 0.15) is 12.2 Å². The standard InChI is InChI=1S/C15H16N4O2/c1-11-5-6-13(8-12(11)4-2-3-7-20)15(21)16-9-14-17-10-18-19-14/h5-6,8,10,20H,3,7,9H2,1H3,(H,16,21)(H,17,18,19). The molecule has 0 unspecified atom stereocenters. The van der Waals surface area contributed by atoms with E-state index in [0.717, 1.165) is 11.1 Å². The number of amides is 1. The van der Waals surface area contributed by atoms with Gasteiger partial charge in [0.25, 0.3) is 5.91 Å². The van der Waals surface area contributed by atoms with E-state index in [2.05, 4.69) is 32.3 Å². The van der Waals surface area contributed by atoms with Crippen molar-refractivity contribution in [1.29, 1.82) is 0 Å². The molecule has 0 aliphatic heterocycles. The highest BCUT2D eigenvalue weighted by Crippen LogP contribution is 2.10. The summed E-state index contributed by atoms with van der Waals surface area (Å²) in [6.07, 6.45) is 1.81. The molecule has 0 spiro atoms. The topological polar surface area (TPSA) is 90.9 Å². The lowest BCUT2D eigenvalue weighted by Gasteiger charge is -2.05. The lowest BCUT2D eigenvalue weighted by atomic mass is 10.0. The van der Waals surface area contributed by atoms with Crippen molar-refractivity contribution in [2.24, 2.45) is 0 Å². The summed E-state index contributed by atoms with van der Waals surface area (Å²) in [6.45, 7) is 2.25. The second-order valence-corrected chi connectivity index (χ2v) is 4.42. The Morgan fingerprint density at radius 2 is 2.33 bits per heavy atom. The number of nitrogens with one attached hydrogen (secondary N) is 2. The zero-order valence-electron chi connectivity index (χ0n) is 11.7. The second-order valence-electron chi connectivity index (χ2n) is 4.42. The lowest BCUT2D eigenvalue weighted by Crippen LogP contribution is -2.23. The van der Waals surface area contributed by atoms with Gasteiger partial charge in [-0.05, 0) is 24.6 Å². The Labute approximate surface area is 122 Å². The van der Waals surface area contributed by atoms with Gasteiger partial charge < -0.3 is 10.4 Å². The van der Waals surface area contributed by atoms with Crippen molar-refractivity contribution in [1.82, 2.24) is 20.5 Å². The van der Waals surface area contributed by atoms with Crippen molar-refractivity contribution >= 4 is 5.91 Å². The van der Waals surface area contributed by atoms with Gasteiger partial charge in [0.05, 0.1) is 13.2 Å². The Bertz CT molecular complexity index is 669. The van der Waals surface area contributed by atoms with Crippen LogP contribution < -0.4 is 5.32 Å². The van der Waals surface area contributed by atoms with E-state index in [1.165, 1.54) is 6.33 Å². The smallest absolute Gasteiger partial charge is 0.251 e. The molecule has 3 N–H and O–H groups in total. The summed E-state index contributed by atoms with van der Waals surface area (Å²) >= 11 is 0. The minimum absolute atomic E-state index is 0.0312. The van der Waals surface area contributed by atoms with Gasteiger partial charge in [-0.15, -0.1) is 0 Å². The number of aliphatic hydroxyl groups is 1. The number of benzene rings is 1. The van der Waals surface area contributed by atoms with Gasteiger partial charge in [0.2, 0.25) is 0 Å². The molecule has 1 amide bonds. The average Bonchev–Trinajstić information content (AvgIpc) is 3.00. The molecule has 0 aliphatic rings. The number of carbonyl (C=O) groups excluding carboxylic acids is 1. The number of H-pyrrole nitrogens is 1. The second kappa shape index (κ2) is 7.22. The van der Waals surface area contributed by atoms with Crippen LogP contribution in [0.1, 0.15) is 33.7 Å². The maximum Gasteiger partial charge on any atom is 0.251 e. The van der Waals surface area contributed by atoms with Crippen LogP contribution >= 0.6 is 0 Å². The third-order valence-electron chi connectivity index (χ3n) is 2.84. The molecule has 2 rings (SSSR count). The van der Waals surface area contributed by atoms with Crippen molar-refractivity contribution < 1.29 is 9.90 Å². The minimum atomic E-state index is -0.198. The van der Waals surface area contributed by atoms with Crippen molar-refractivity contribution in [3.63, 3.8) is 0 Å². The lowest BCUT2D eigenvalue weighted by molar-refractivity contribution is 0.0950. The van der Waals surface area contributed by atoms with Gasteiger partial charge in [-0.1, -0.05) is 17.9 Å². The van der Waals surface area contributed by atoms with E-state index in [1.54, 1.807) is 12.1 Å². The third-order valence-corrected chi connectivity index (χ3v) is 2.84. The number of rotatable bonds is 4. The van der Waals surface area contributed by atoms with Gasteiger partial charge >= 0.3 is 0 Å². The summed E-state index contributed by atoms with van der Waals surface area (Å²) in [6, 6.07) is 5.35. The molecule has 0 saturated heterocycles. The number of aromatic nitrogens is 3. The van der Waals surface area contributed by atoms with Crippen molar-refractivity contribution in [3.8, 4) is 11.8 Å². The molecule has 21 heavy (non-hydrogen) atoms. The number of nitrogens with zero attached hydrogens (tertiary/aromatic N) is 2. The zero-order valence-corrected chi connectivity index (χ0v) is 11.7. The van der Waals surface area contributed by atoms with Crippen LogP contribution in [0, 0.1) is 18.8 Å². The van der Waals surface area contributed by atoms with E-state index in [-0.39, 0.29) is 19.1 Å². The molecule has 0 radical (unpaired) electrons. The van der Waals surface area contributed by atoms with E-state index < -0.39 is 0 Å². The zero-order chi connectivity index (χ0) is 15.1. The maximum atomic E-state index is 12.1. The first-order chi connectivity index (χ1) is 10.2. The molecular weight excluding hydrogens is 268 g/mol. The largest absolute Gasteiger partial charge is 0.395 e. The fourth-order valence-corrected chi connectivity index (χ4v) is 1.69. The number of aliphatic hydroxyl groups excluding tert-OH is 1. The van der Waals surface area contributed by atoms with E-state index in [1.807, 2.05) is 13.0 Å². The van der Waals surface area contributed by atoms with E-state index in [4.69, 9.17) is 5.11 Å². The summed E-state index contributed by atoms with van der Waals surface area (Å²) in [5.74, 6) is 6.22. The van der Waals surface area contributed by atoms with Gasteiger partial charge in [-0.3, -0.25) is 9.89 Å². The van der Waals surface area contributed by atoms with Crippen LogP contribution in [0.5, 0.6) is 0 Å². The van der Waals surface area contributed by atoms with E-state index in [9.17, 15) is 4.79 Å². The number of aryl methyl sites for hydroxylation is 1. The fourth-order valence-electron chi connectivity index (χ4n) is 1.69. The molecule has 6 nitrogen and oxygen atoms in total. The predicted molar refractivity (Wildman–Crippen MR) is 77.3 cm³/mol. The van der Waals surface area contributed by atoms with Gasteiger partial charge in [-0.2, -0.15) is 5.10 Å². The summed E-state index contributed by atoms with van der Waals surface area (Å²) in [5.41, 5.74) is 2.32. The van der Waals surface area contributed by atoms with Gasteiger partial charge in [0, 0.05) is 17.5 Å². The molecular formula is C15H16N4O2. The highest BCUT2D eigenvalue weighted by atomic mass is 16.2. The molecule has 0 atom stereocenters. The number of aromatic amines is 1. The van der Waals surface area contributed by atoms with Gasteiger partial charge in [0.15, 0.2) is 0 Å². The monoisotopic (exact) mass is 284 g/mol. The Balaban J connectivity index is 2.07. The molecule has 0 fully saturated rings. The van der Waals surface area contributed by atoms with Crippen LogP contribution in [-0.2, 0) is 6.54 Å². The van der Waals surface area contributed by atoms with Crippen molar-refractivity contribution in [3.05, 3.63) is 47.0 Å². The quantitative estimate of drug-likeness (QED) is 0.723. The summed E-state index contributed by atoms with van der Waals surface area (Å²) < 4.78 is 0. The first kappa shape index (κ1) is 14.8. The molecule has 1 aromatic carbocycles. The maximum absolute atomic E-state index is 12.1. The van der Waals surface area contributed by atoms with Crippen molar-refractivity contribution in [2.75, 3.05) is 6.61 Å². The van der Waals surface area contributed by atoms with E-state index >= 15 is 0 Å². The van der Waals surface area contributed by atoms with Crippen LogP contribution in [-0.4, -0.2) is 32.8 Å². The van der Waals surface area contributed by atoms with Crippen LogP contribution in [0.3, 0.4) is 0 Å². The van der Waals surface area contributed by atoms with Crippen molar-refractivity contribution in [2.45, 2.75) is 19.9 Å². The number of hydrogen-bond acceptors (Lipinski definition) is 4. The summed E-state index contributed by atoms with van der Waals surface area (Å²) in [7, 11) is 0. The number of carbonyl (C=O) groups is 1. The molecule has 108 valence electrons. The Kier molecular flexibility index (Phi) is 5.07. The van der Waals surface area contributed by atoms with Gasteiger partial charge in [-0.25, -0.2) is 4.98 Å². The normalized spacial score (nSPS) is 9.81. The Hall–Kier alpha value is -2.65. The molecule has 2 aromatic rings. The van der Waals surface area contributed by atoms with Crippen LogP contribution in [0.15, 0.2) is 24.5 Å². The highest BCUT2D eigenvalue weighted by molar-refractivity contribution is 5.94. The number of hydrogen-bond donors (Lipinski definition) is 3.